The Morgan fingerprint density at radius 3 is 2.43 bits per heavy atom. The lowest BCUT2D eigenvalue weighted by atomic mass is 10.1. The fourth-order valence-electron chi connectivity index (χ4n) is 3.52. The van der Waals surface area contributed by atoms with Crippen molar-refractivity contribution in [3.05, 3.63) is 53.6 Å². The number of nitrogens with zero attached hydrogens (tertiary/aromatic N) is 2. The normalized spacial score (nSPS) is 14.0. The first-order chi connectivity index (χ1) is 13.6. The van der Waals surface area contributed by atoms with Crippen LogP contribution in [0, 0.1) is 6.92 Å². The summed E-state index contributed by atoms with van der Waals surface area (Å²) in [6.07, 6.45) is 0.746. The summed E-state index contributed by atoms with van der Waals surface area (Å²) in [5.74, 6) is 1.73. The number of ether oxygens (including phenoxy) is 2. The molecule has 0 unspecified atom stereocenters. The number of amides is 2. The van der Waals surface area contributed by atoms with E-state index >= 15 is 0 Å². The molecule has 6 nitrogen and oxygen atoms in total. The quantitative estimate of drug-likeness (QED) is 0.833. The molecular weight excluding hydrogens is 354 g/mol. The lowest BCUT2D eigenvalue weighted by Gasteiger charge is -2.36. The number of para-hydroxylation sites is 1. The first kappa shape index (κ1) is 19.9. The molecule has 1 heterocycles. The monoisotopic (exact) mass is 383 g/mol. The molecule has 2 aromatic rings. The van der Waals surface area contributed by atoms with Gasteiger partial charge in [-0.3, -0.25) is 0 Å². The van der Waals surface area contributed by atoms with Crippen LogP contribution in [0.15, 0.2) is 42.5 Å². The van der Waals surface area contributed by atoms with E-state index in [1.165, 1.54) is 5.56 Å². The van der Waals surface area contributed by atoms with Gasteiger partial charge in [-0.25, -0.2) is 4.79 Å². The predicted molar refractivity (Wildman–Crippen MR) is 112 cm³/mol. The molecule has 0 saturated carbocycles. The van der Waals surface area contributed by atoms with E-state index in [0.717, 1.165) is 42.3 Å². The summed E-state index contributed by atoms with van der Waals surface area (Å²) in [6.45, 7) is 5.63. The van der Waals surface area contributed by atoms with E-state index in [1.54, 1.807) is 14.2 Å². The highest BCUT2D eigenvalue weighted by Crippen LogP contribution is 2.30. The molecule has 1 N–H and O–H groups in total. The minimum Gasteiger partial charge on any atom is -0.496 e. The van der Waals surface area contributed by atoms with Crippen molar-refractivity contribution >= 4 is 11.7 Å². The van der Waals surface area contributed by atoms with Crippen LogP contribution in [0.1, 0.15) is 11.1 Å². The maximum absolute atomic E-state index is 12.5. The Balaban J connectivity index is 1.49. The maximum atomic E-state index is 12.5. The standard InChI is InChI=1S/C22H29N3O3/c1-17-8-9-21(28-3)19(16-17)24-12-14-25(15-13-24)22(26)23-11-10-18-6-4-5-7-20(18)27-2/h4-9,16H,10-15H2,1-3H3,(H,23,26). The highest BCUT2D eigenvalue weighted by atomic mass is 16.5. The van der Waals surface area contributed by atoms with Gasteiger partial charge in [-0.1, -0.05) is 24.3 Å². The third kappa shape index (κ3) is 4.68. The summed E-state index contributed by atoms with van der Waals surface area (Å²) < 4.78 is 10.9. The van der Waals surface area contributed by atoms with Crippen molar-refractivity contribution < 1.29 is 14.3 Å². The van der Waals surface area contributed by atoms with Gasteiger partial charge in [0.05, 0.1) is 19.9 Å². The highest BCUT2D eigenvalue weighted by molar-refractivity contribution is 5.74. The number of piperazine rings is 1. The van der Waals surface area contributed by atoms with Crippen LogP contribution in [0.2, 0.25) is 0 Å². The van der Waals surface area contributed by atoms with Crippen molar-refractivity contribution in [1.29, 1.82) is 0 Å². The molecule has 150 valence electrons. The first-order valence-corrected chi connectivity index (χ1v) is 9.66. The van der Waals surface area contributed by atoms with E-state index in [9.17, 15) is 4.79 Å². The molecule has 6 heteroatoms. The molecule has 0 spiro atoms. The van der Waals surface area contributed by atoms with Crippen molar-refractivity contribution in [1.82, 2.24) is 10.2 Å². The van der Waals surface area contributed by atoms with Crippen LogP contribution in [-0.4, -0.2) is 57.9 Å². The Hall–Kier alpha value is -2.89. The molecule has 1 saturated heterocycles. The zero-order valence-electron chi connectivity index (χ0n) is 16.9. The smallest absolute Gasteiger partial charge is 0.317 e. The third-order valence-corrected chi connectivity index (χ3v) is 5.11. The SMILES string of the molecule is COc1ccccc1CCNC(=O)N1CCN(c2cc(C)ccc2OC)CC1. The Morgan fingerprint density at radius 2 is 1.71 bits per heavy atom. The van der Waals surface area contributed by atoms with E-state index in [4.69, 9.17) is 9.47 Å². The van der Waals surface area contributed by atoms with E-state index < -0.39 is 0 Å². The molecule has 2 aromatic carbocycles. The molecule has 0 atom stereocenters. The van der Waals surface area contributed by atoms with Crippen molar-refractivity contribution in [2.24, 2.45) is 0 Å². The number of urea groups is 1. The van der Waals surface area contributed by atoms with Gasteiger partial charge < -0.3 is 24.6 Å². The van der Waals surface area contributed by atoms with Crippen molar-refractivity contribution in [2.75, 3.05) is 51.8 Å². The fraction of sp³-hybridized carbons (Fsp3) is 0.409. The number of hydrogen-bond acceptors (Lipinski definition) is 4. The Labute approximate surface area is 167 Å². The van der Waals surface area contributed by atoms with E-state index in [2.05, 4.69) is 23.2 Å². The Bertz CT molecular complexity index is 801. The summed E-state index contributed by atoms with van der Waals surface area (Å²) in [5, 5.41) is 3.03. The number of rotatable bonds is 6. The molecule has 0 bridgehead atoms. The van der Waals surface area contributed by atoms with Gasteiger partial charge in [0.25, 0.3) is 0 Å². The second-order valence-electron chi connectivity index (χ2n) is 6.94. The lowest BCUT2D eigenvalue weighted by Crippen LogP contribution is -2.52. The highest BCUT2D eigenvalue weighted by Gasteiger charge is 2.22. The lowest BCUT2D eigenvalue weighted by molar-refractivity contribution is 0.194. The zero-order chi connectivity index (χ0) is 19.9. The number of carbonyl (C=O) groups is 1. The van der Waals surface area contributed by atoms with Gasteiger partial charge in [-0.05, 0) is 42.7 Å². The number of hydrogen-bond donors (Lipinski definition) is 1. The van der Waals surface area contributed by atoms with Crippen LogP contribution in [0.5, 0.6) is 11.5 Å². The number of benzene rings is 2. The molecule has 0 aromatic heterocycles. The number of aryl methyl sites for hydroxylation is 1. The van der Waals surface area contributed by atoms with Gasteiger partial charge in [-0.15, -0.1) is 0 Å². The van der Waals surface area contributed by atoms with Crippen LogP contribution in [0.4, 0.5) is 10.5 Å². The third-order valence-electron chi connectivity index (χ3n) is 5.11. The summed E-state index contributed by atoms with van der Waals surface area (Å²) in [7, 11) is 3.36. The summed E-state index contributed by atoms with van der Waals surface area (Å²) in [6, 6.07) is 14.1. The molecule has 2 amide bonds. The summed E-state index contributed by atoms with van der Waals surface area (Å²) in [4.78, 5) is 16.7. The topological polar surface area (TPSA) is 54.0 Å². The second-order valence-corrected chi connectivity index (χ2v) is 6.94. The van der Waals surface area contributed by atoms with E-state index in [0.29, 0.717) is 19.6 Å². The van der Waals surface area contributed by atoms with Crippen LogP contribution >= 0.6 is 0 Å². The molecule has 1 aliphatic rings. The molecule has 1 fully saturated rings. The van der Waals surface area contributed by atoms with Crippen LogP contribution in [0.3, 0.4) is 0 Å². The van der Waals surface area contributed by atoms with Gasteiger partial charge in [0.15, 0.2) is 0 Å². The van der Waals surface area contributed by atoms with Gasteiger partial charge in [0.1, 0.15) is 11.5 Å². The summed E-state index contributed by atoms with van der Waals surface area (Å²) >= 11 is 0. The van der Waals surface area contributed by atoms with Gasteiger partial charge >= 0.3 is 6.03 Å². The van der Waals surface area contributed by atoms with Crippen molar-refractivity contribution in [3.63, 3.8) is 0 Å². The van der Waals surface area contributed by atoms with Crippen molar-refractivity contribution in [3.8, 4) is 11.5 Å². The minimum absolute atomic E-state index is 0.00856. The van der Waals surface area contributed by atoms with Crippen LogP contribution in [0.25, 0.3) is 0 Å². The number of nitrogens with one attached hydrogen (secondary N) is 1. The molecule has 0 radical (unpaired) electrons. The van der Waals surface area contributed by atoms with Gasteiger partial charge in [0, 0.05) is 32.7 Å². The first-order valence-electron chi connectivity index (χ1n) is 9.66. The Kier molecular flexibility index (Phi) is 6.63. The minimum atomic E-state index is -0.00856. The molecule has 1 aliphatic heterocycles. The second kappa shape index (κ2) is 9.35. The molecule has 3 rings (SSSR count). The fourth-order valence-corrected chi connectivity index (χ4v) is 3.52. The molecule has 28 heavy (non-hydrogen) atoms. The number of methoxy groups -OCH3 is 2. The number of anilines is 1. The maximum Gasteiger partial charge on any atom is 0.317 e. The zero-order valence-corrected chi connectivity index (χ0v) is 16.9. The van der Waals surface area contributed by atoms with Crippen LogP contribution < -0.4 is 19.7 Å². The molecule has 0 aliphatic carbocycles. The van der Waals surface area contributed by atoms with Gasteiger partial charge in [-0.2, -0.15) is 0 Å². The Morgan fingerprint density at radius 1 is 1.00 bits per heavy atom. The number of carbonyl (C=O) groups excluding carboxylic acids is 1. The average Bonchev–Trinajstić information content (AvgIpc) is 2.74. The molecular formula is C22H29N3O3. The summed E-state index contributed by atoms with van der Waals surface area (Å²) in [5.41, 5.74) is 3.40. The van der Waals surface area contributed by atoms with Gasteiger partial charge in [0.2, 0.25) is 0 Å². The largest absolute Gasteiger partial charge is 0.496 e. The van der Waals surface area contributed by atoms with E-state index in [1.807, 2.05) is 41.3 Å². The van der Waals surface area contributed by atoms with E-state index in [-0.39, 0.29) is 6.03 Å². The van der Waals surface area contributed by atoms with Crippen LogP contribution in [-0.2, 0) is 6.42 Å². The van der Waals surface area contributed by atoms with Crippen molar-refractivity contribution in [2.45, 2.75) is 13.3 Å². The average molecular weight is 383 g/mol. The predicted octanol–water partition coefficient (Wildman–Crippen LogP) is 3.09.